The molecule has 5 rings (SSSR count). The monoisotopic (exact) mass is 600 g/mol. The Morgan fingerprint density at radius 1 is 1.10 bits per heavy atom. The summed E-state index contributed by atoms with van der Waals surface area (Å²) in [6.45, 7) is -0.0437. The average molecular weight is 601 g/mol. The van der Waals surface area contributed by atoms with Gasteiger partial charge in [0, 0.05) is 17.3 Å². The Bertz CT molecular complexity index is 1440. The first kappa shape index (κ1) is 28.7. The van der Waals surface area contributed by atoms with Crippen molar-refractivity contribution < 1.29 is 46.8 Å². The van der Waals surface area contributed by atoms with E-state index >= 15 is 0 Å². The number of sulfone groups is 1. The quantitative estimate of drug-likeness (QED) is 0.324. The summed E-state index contributed by atoms with van der Waals surface area (Å²) >= 11 is 6.25. The fourth-order valence-corrected chi connectivity index (χ4v) is 8.57. The summed E-state index contributed by atoms with van der Waals surface area (Å²) in [5.74, 6) is -4.38. The van der Waals surface area contributed by atoms with E-state index in [9.17, 15) is 42.1 Å². The lowest BCUT2D eigenvalue weighted by Gasteiger charge is -2.46. The minimum Gasteiger partial charge on any atom is -0.441 e. The van der Waals surface area contributed by atoms with Crippen LogP contribution in [0.25, 0.3) is 0 Å². The SMILES string of the molecule is O=C1NCC([C@H](O)[C@@H](O)C2(O)C3CCC2CC(S(=O)(=O)c2cc(C(=O)Nc4ccc(F)c(F)c4)ccc2Cl)C3)O1. The molecule has 2 saturated carbocycles. The predicted molar refractivity (Wildman–Crippen MR) is 137 cm³/mol. The molecule has 2 bridgehead atoms. The van der Waals surface area contributed by atoms with Gasteiger partial charge in [0.2, 0.25) is 0 Å². The predicted octanol–water partition coefficient (Wildman–Crippen LogP) is 2.39. The van der Waals surface area contributed by atoms with Gasteiger partial charge in [-0.05, 0) is 67.9 Å². The van der Waals surface area contributed by atoms with Crippen LogP contribution in [0.5, 0.6) is 0 Å². The van der Waals surface area contributed by atoms with Crippen molar-refractivity contribution in [2.75, 3.05) is 11.9 Å². The van der Waals surface area contributed by atoms with E-state index in [1.807, 2.05) is 0 Å². The first-order valence-corrected chi connectivity index (χ1v) is 14.6. The van der Waals surface area contributed by atoms with Crippen LogP contribution in [0, 0.1) is 23.5 Å². The van der Waals surface area contributed by atoms with Crippen molar-refractivity contribution in [3.63, 3.8) is 0 Å². The number of benzene rings is 2. The van der Waals surface area contributed by atoms with E-state index in [2.05, 4.69) is 10.6 Å². The number of ether oxygens (including phenoxy) is 1. The molecule has 2 aromatic rings. The van der Waals surface area contributed by atoms with Gasteiger partial charge in [0.15, 0.2) is 21.5 Å². The molecule has 2 amide bonds. The van der Waals surface area contributed by atoms with E-state index < -0.39 is 74.5 Å². The van der Waals surface area contributed by atoms with Crippen LogP contribution in [0.3, 0.4) is 0 Å². The second-order valence-corrected chi connectivity index (χ2v) is 13.1. The number of carbonyl (C=O) groups is 2. The Hall–Kier alpha value is -2.84. The van der Waals surface area contributed by atoms with Crippen molar-refractivity contribution >= 4 is 39.1 Å². The molecule has 10 nitrogen and oxygen atoms in total. The number of fused-ring (bicyclic) bond motifs is 2. The molecule has 1 heterocycles. The maximum Gasteiger partial charge on any atom is 0.407 e. The maximum absolute atomic E-state index is 13.7. The van der Waals surface area contributed by atoms with Gasteiger partial charge in [0.05, 0.1) is 27.3 Å². The summed E-state index contributed by atoms with van der Waals surface area (Å²) in [6, 6.07) is 6.44. The Kier molecular flexibility index (Phi) is 7.55. The van der Waals surface area contributed by atoms with Crippen molar-refractivity contribution in [2.24, 2.45) is 11.8 Å². The molecule has 0 aromatic heterocycles. The molecule has 2 aromatic carbocycles. The molecule has 216 valence electrons. The molecule has 0 radical (unpaired) electrons. The fraction of sp³-hybridized carbons (Fsp3) is 0.462. The third-order valence-electron chi connectivity index (χ3n) is 8.27. The number of alkyl carbamates (subject to hydrolysis) is 1. The Balaban J connectivity index is 1.35. The van der Waals surface area contributed by atoms with Gasteiger partial charge in [-0.3, -0.25) is 4.79 Å². The highest BCUT2D eigenvalue weighted by Crippen LogP contribution is 2.54. The largest absolute Gasteiger partial charge is 0.441 e. The number of carbonyl (C=O) groups excluding carboxylic acids is 2. The number of hydrogen-bond acceptors (Lipinski definition) is 8. The molecule has 3 aliphatic rings. The first-order valence-electron chi connectivity index (χ1n) is 12.6. The van der Waals surface area contributed by atoms with Gasteiger partial charge in [0.1, 0.15) is 18.3 Å². The molecule has 3 unspecified atom stereocenters. The summed E-state index contributed by atoms with van der Waals surface area (Å²) in [5.41, 5.74) is -1.91. The van der Waals surface area contributed by atoms with Crippen LogP contribution in [0.2, 0.25) is 5.02 Å². The first-order chi connectivity index (χ1) is 18.8. The van der Waals surface area contributed by atoms with Crippen molar-refractivity contribution in [1.82, 2.24) is 5.32 Å². The molecule has 5 N–H and O–H groups in total. The summed E-state index contributed by atoms with van der Waals surface area (Å²) in [4.78, 5) is 23.8. The van der Waals surface area contributed by atoms with Gasteiger partial charge in [-0.2, -0.15) is 0 Å². The maximum atomic E-state index is 13.7. The van der Waals surface area contributed by atoms with Crippen LogP contribution in [0.4, 0.5) is 19.3 Å². The average Bonchev–Trinajstić information content (AvgIpc) is 3.39. The summed E-state index contributed by atoms with van der Waals surface area (Å²) in [6.07, 6.45) is -4.34. The topological polar surface area (TPSA) is 162 Å². The Morgan fingerprint density at radius 3 is 2.38 bits per heavy atom. The number of halogens is 3. The number of anilines is 1. The van der Waals surface area contributed by atoms with Crippen LogP contribution < -0.4 is 10.6 Å². The summed E-state index contributed by atoms with van der Waals surface area (Å²) in [7, 11) is -4.13. The van der Waals surface area contributed by atoms with E-state index in [0.717, 1.165) is 24.3 Å². The van der Waals surface area contributed by atoms with Gasteiger partial charge < -0.3 is 30.7 Å². The minimum absolute atomic E-state index is 0.0321. The van der Waals surface area contributed by atoms with E-state index in [1.165, 1.54) is 12.1 Å². The van der Waals surface area contributed by atoms with Gasteiger partial charge in [0.25, 0.3) is 5.91 Å². The van der Waals surface area contributed by atoms with Crippen molar-refractivity contribution in [3.05, 3.63) is 58.6 Å². The molecular formula is C26H27ClF2N2O8S. The number of nitrogens with one attached hydrogen (secondary N) is 2. The molecule has 2 aliphatic carbocycles. The molecule has 1 saturated heterocycles. The van der Waals surface area contributed by atoms with Crippen molar-refractivity contribution in [1.29, 1.82) is 0 Å². The normalized spacial score (nSPS) is 29.4. The highest BCUT2D eigenvalue weighted by atomic mass is 35.5. The second-order valence-electron chi connectivity index (χ2n) is 10.5. The summed E-state index contributed by atoms with van der Waals surface area (Å²) in [5, 5.41) is 36.8. The van der Waals surface area contributed by atoms with Crippen LogP contribution >= 0.6 is 11.6 Å². The Morgan fingerprint density at radius 2 is 1.77 bits per heavy atom. The minimum atomic E-state index is -4.13. The molecule has 0 spiro atoms. The van der Waals surface area contributed by atoms with Gasteiger partial charge in [-0.25, -0.2) is 22.0 Å². The smallest absolute Gasteiger partial charge is 0.407 e. The zero-order valence-electron chi connectivity index (χ0n) is 20.9. The number of aliphatic hydroxyl groups excluding tert-OH is 2. The molecule has 5 atom stereocenters. The highest BCUT2D eigenvalue weighted by molar-refractivity contribution is 7.92. The van der Waals surface area contributed by atoms with E-state index in [-0.39, 0.29) is 40.6 Å². The molecule has 1 aliphatic heterocycles. The molecule has 3 fully saturated rings. The van der Waals surface area contributed by atoms with Gasteiger partial charge in [-0.1, -0.05) is 11.6 Å². The lowest BCUT2D eigenvalue weighted by Crippen LogP contribution is -2.61. The zero-order valence-corrected chi connectivity index (χ0v) is 22.5. The highest BCUT2D eigenvalue weighted by Gasteiger charge is 2.61. The van der Waals surface area contributed by atoms with Crippen molar-refractivity contribution in [3.8, 4) is 0 Å². The number of aliphatic hydroxyl groups is 3. The zero-order chi connectivity index (χ0) is 29.0. The van der Waals surface area contributed by atoms with Crippen LogP contribution in [-0.2, 0) is 14.6 Å². The van der Waals surface area contributed by atoms with Crippen LogP contribution in [0.15, 0.2) is 41.3 Å². The number of hydrogen-bond donors (Lipinski definition) is 5. The lowest BCUT2D eigenvalue weighted by molar-refractivity contribution is -0.189. The second kappa shape index (κ2) is 10.5. The van der Waals surface area contributed by atoms with E-state index in [4.69, 9.17) is 16.3 Å². The van der Waals surface area contributed by atoms with Crippen LogP contribution in [-0.4, -0.2) is 71.4 Å². The third kappa shape index (κ3) is 4.94. The summed E-state index contributed by atoms with van der Waals surface area (Å²) < 4.78 is 59.2. The number of amides is 2. The van der Waals surface area contributed by atoms with Gasteiger partial charge in [-0.15, -0.1) is 0 Å². The number of cyclic esters (lactones) is 1. The third-order valence-corrected chi connectivity index (χ3v) is 10.9. The molecule has 40 heavy (non-hydrogen) atoms. The van der Waals surface area contributed by atoms with E-state index in [1.54, 1.807) is 0 Å². The van der Waals surface area contributed by atoms with Crippen molar-refractivity contribution in [2.45, 2.75) is 59.7 Å². The molecular weight excluding hydrogens is 574 g/mol. The number of rotatable bonds is 7. The standard InChI is InChI=1S/C26H27ClF2N2O8S/c27-17-5-1-12(24(34)31-15-4-6-18(28)19(29)10-15)7-21(17)40(37,38)16-8-13-2-3-14(9-16)26(13,36)23(33)22(32)20-11-30-25(35)39-20/h1,4-7,10,13-14,16,20,22-23,32-33,36H,2-3,8-9,11H2,(H,30,35)(H,31,34)/t13?,14?,16?,20?,22-,23+,26?/m0/s1. The Labute approximate surface area is 233 Å². The van der Waals surface area contributed by atoms with Gasteiger partial charge >= 0.3 is 6.09 Å². The fourth-order valence-electron chi connectivity index (χ4n) is 6.17. The molecule has 14 heteroatoms. The van der Waals surface area contributed by atoms with E-state index in [0.29, 0.717) is 12.8 Å². The lowest BCUT2D eigenvalue weighted by atomic mass is 9.69. The van der Waals surface area contributed by atoms with Crippen LogP contribution in [0.1, 0.15) is 36.0 Å².